The third-order valence-electron chi connectivity index (χ3n) is 4.50. The van der Waals surface area contributed by atoms with Gasteiger partial charge in [-0.1, -0.05) is 0 Å². The van der Waals surface area contributed by atoms with Crippen LogP contribution in [0, 0.1) is 0 Å². The fourth-order valence-electron chi connectivity index (χ4n) is 3.31. The van der Waals surface area contributed by atoms with E-state index in [0.717, 1.165) is 17.7 Å². The first kappa shape index (κ1) is 15.5. The maximum absolute atomic E-state index is 12.7. The number of thiophene rings is 1. The lowest BCUT2D eigenvalue weighted by Gasteiger charge is -2.20. The largest absolute Gasteiger partial charge is 0.391 e. The molecule has 0 radical (unpaired) electrons. The summed E-state index contributed by atoms with van der Waals surface area (Å²) >= 11 is 1.62. The van der Waals surface area contributed by atoms with Crippen LogP contribution in [0.15, 0.2) is 6.07 Å². The Kier molecular flexibility index (Phi) is 4.49. The summed E-state index contributed by atoms with van der Waals surface area (Å²) in [4.78, 5) is 27.8. The lowest BCUT2D eigenvalue weighted by Crippen LogP contribution is -2.42. The number of likely N-dealkylation sites (tertiary alicyclic amines) is 1. The number of fused-ring (bicyclic) bond motifs is 1. The van der Waals surface area contributed by atoms with Gasteiger partial charge in [-0.25, -0.2) is 0 Å². The van der Waals surface area contributed by atoms with Crippen LogP contribution in [0.1, 0.15) is 46.3 Å². The van der Waals surface area contributed by atoms with E-state index in [9.17, 15) is 14.7 Å². The van der Waals surface area contributed by atoms with E-state index >= 15 is 0 Å². The molecule has 0 bridgehead atoms. The van der Waals surface area contributed by atoms with Gasteiger partial charge < -0.3 is 15.3 Å². The van der Waals surface area contributed by atoms with Crippen LogP contribution in [0.25, 0.3) is 0 Å². The van der Waals surface area contributed by atoms with Gasteiger partial charge in [0.05, 0.1) is 17.0 Å². The Balaban J connectivity index is 1.67. The predicted octanol–water partition coefficient (Wildman–Crippen LogP) is 1.34. The number of aliphatic hydroxyl groups excluding tert-OH is 1. The molecule has 1 fully saturated rings. The van der Waals surface area contributed by atoms with E-state index in [4.69, 9.17) is 0 Å². The first-order valence-corrected chi connectivity index (χ1v) is 8.72. The van der Waals surface area contributed by atoms with Crippen LogP contribution >= 0.6 is 11.3 Å². The van der Waals surface area contributed by atoms with E-state index in [1.54, 1.807) is 11.3 Å². The van der Waals surface area contributed by atoms with Crippen molar-refractivity contribution in [2.75, 3.05) is 13.1 Å². The summed E-state index contributed by atoms with van der Waals surface area (Å²) < 4.78 is 0. The standard InChI is InChI=1S/C16H22N2O3S/c1-10(19)17-12-5-7-18(8-6-13(12)20)16(21)15-9-11-3-2-4-14(11)22-15/h9,12-13,20H,2-8H2,1H3,(H,17,19)/t12-,13-/m0/s1. The zero-order valence-corrected chi connectivity index (χ0v) is 13.6. The predicted molar refractivity (Wildman–Crippen MR) is 85.1 cm³/mol. The number of carbonyl (C=O) groups excluding carboxylic acids is 2. The molecule has 2 aliphatic rings. The molecule has 120 valence electrons. The molecule has 1 aliphatic heterocycles. The second kappa shape index (κ2) is 6.38. The smallest absolute Gasteiger partial charge is 0.263 e. The van der Waals surface area contributed by atoms with Gasteiger partial charge in [-0.2, -0.15) is 0 Å². The van der Waals surface area contributed by atoms with Crippen molar-refractivity contribution in [2.45, 2.75) is 51.2 Å². The Morgan fingerprint density at radius 1 is 1.32 bits per heavy atom. The van der Waals surface area contributed by atoms with Crippen LogP contribution in [-0.2, 0) is 17.6 Å². The van der Waals surface area contributed by atoms with E-state index in [-0.39, 0.29) is 17.9 Å². The average Bonchev–Trinajstić information content (AvgIpc) is 3.01. The molecule has 5 nitrogen and oxygen atoms in total. The molecule has 0 unspecified atom stereocenters. The van der Waals surface area contributed by atoms with E-state index < -0.39 is 6.10 Å². The monoisotopic (exact) mass is 322 g/mol. The van der Waals surface area contributed by atoms with Crippen LogP contribution < -0.4 is 5.32 Å². The minimum absolute atomic E-state index is 0.0649. The van der Waals surface area contributed by atoms with Gasteiger partial charge in [0.25, 0.3) is 5.91 Å². The van der Waals surface area contributed by atoms with Crippen LogP contribution in [0.3, 0.4) is 0 Å². The fourth-order valence-corrected chi connectivity index (χ4v) is 4.53. The first-order valence-electron chi connectivity index (χ1n) is 7.90. The number of nitrogens with zero attached hydrogens (tertiary/aromatic N) is 1. The Bertz CT molecular complexity index is 562. The molecule has 0 aromatic carbocycles. The lowest BCUT2D eigenvalue weighted by molar-refractivity contribution is -0.120. The second-order valence-electron chi connectivity index (χ2n) is 6.16. The molecular weight excluding hydrogens is 300 g/mol. The molecule has 2 atom stereocenters. The molecule has 1 saturated heterocycles. The second-order valence-corrected chi connectivity index (χ2v) is 7.29. The molecule has 0 spiro atoms. The molecule has 1 aliphatic carbocycles. The Morgan fingerprint density at radius 2 is 2.09 bits per heavy atom. The van der Waals surface area contributed by atoms with Crippen molar-refractivity contribution in [1.29, 1.82) is 0 Å². The van der Waals surface area contributed by atoms with Gasteiger partial charge in [0.15, 0.2) is 0 Å². The van der Waals surface area contributed by atoms with Gasteiger partial charge in [0.2, 0.25) is 5.91 Å². The summed E-state index contributed by atoms with van der Waals surface area (Å²) in [6.45, 7) is 2.57. The van der Waals surface area contributed by atoms with E-state index in [1.807, 2.05) is 11.0 Å². The number of rotatable bonds is 2. The normalized spacial score (nSPS) is 24.7. The SMILES string of the molecule is CC(=O)N[C@H]1CCN(C(=O)c2cc3c(s2)CCC3)CC[C@@H]1O. The summed E-state index contributed by atoms with van der Waals surface area (Å²) in [5, 5.41) is 12.9. The van der Waals surface area contributed by atoms with Gasteiger partial charge in [0, 0.05) is 24.9 Å². The summed E-state index contributed by atoms with van der Waals surface area (Å²) in [5.41, 5.74) is 1.33. The third kappa shape index (κ3) is 3.17. The highest BCUT2D eigenvalue weighted by Crippen LogP contribution is 2.31. The maximum atomic E-state index is 12.7. The van der Waals surface area contributed by atoms with Gasteiger partial charge in [-0.15, -0.1) is 11.3 Å². The van der Waals surface area contributed by atoms with Crippen LogP contribution in [0.2, 0.25) is 0 Å². The molecule has 2 amide bonds. The van der Waals surface area contributed by atoms with Gasteiger partial charge >= 0.3 is 0 Å². The van der Waals surface area contributed by atoms with Crippen molar-refractivity contribution in [2.24, 2.45) is 0 Å². The number of hydrogen-bond acceptors (Lipinski definition) is 4. The lowest BCUT2D eigenvalue weighted by atomic mass is 10.1. The number of hydrogen-bond donors (Lipinski definition) is 2. The first-order chi connectivity index (χ1) is 10.5. The van der Waals surface area contributed by atoms with Crippen molar-refractivity contribution in [3.63, 3.8) is 0 Å². The van der Waals surface area contributed by atoms with Gasteiger partial charge in [-0.05, 0) is 43.7 Å². The minimum atomic E-state index is -0.588. The molecule has 2 heterocycles. The fraction of sp³-hybridized carbons (Fsp3) is 0.625. The number of nitrogens with one attached hydrogen (secondary N) is 1. The number of amides is 2. The Morgan fingerprint density at radius 3 is 2.82 bits per heavy atom. The highest BCUT2D eigenvalue weighted by atomic mass is 32.1. The minimum Gasteiger partial charge on any atom is -0.391 e. The molecule has 1 aromatic rings. The summed E-state index contributed by atoms with van der Waals surface area (Å²) in [6, 6.07) is 1.78. The summed E-state index contributed by atoms with van der Waals surface area (Å²) in [6.07, 6.45) is 3.89. The number of carbonyl (C=O) groups is 2. The number of aryl methyl sites for hydroxylation is 2. The summed E-state index contributed by atoms with van der Waals surface area (Å²) in [5.74, 6) is -0.0754. The zero-order chi connectivity index (χ0) is 15.7. The molecule has 2 N–H and O–H groups in total. The highest BCUT2D eigenvalue weighted by molar-refractivity contribution is 7.14. The summed E-state index contributed by atoms with van der Waals surface area (Å²) in [7, 11) is 0. The Hall–Kier alpha value is -1.40. The van der Waals surface area contributed by atoms with Crippen molar-refractivity contribution in [3.8, 4) is 0 Å². The maximum Gasteiger partial charge on any atom is 0.263 e. The molecule has 22 heavy (non-hydrogen) atoms. The van der Waals surface area contributed by atoms with Crippen molar-refractivity contribution in [3.05, 3.63) is 21.4 Å². The number of aliphatic hydroxyl groups is 1. The molecular formula is C16H22N2O3S. The topological polar surface area (TPSA) is 69.6 Å². The van der Waals surface area contributed by atoms with Gasteiger partial charge in [0.1, 0.15) is 0 Å². The van der Waals surface area contributed by atoms with Crippen molar-refractivity contribution in [1.82, 2.24) is 10.2 Å². The highest BCUT2D eigenvalue weighted by Gasteiger charge is 2.29. The van der Waals surface area contributed by atoms with Crippen LogP contribution in [-0.4, -0.2) is 47.1 Å². The Labute approximate surface area is 134 Å². The molecule has 0 saturated carbocycles. The molecule has 6 heteroatoms. The van der Waals surface area contributed by atoms with E-state index in [2.05, 4.69) is 5.32 Å². The van der Waals surface area contributed by atoms with Crippen LogP contribution in [0.4, 0.5) is 0 Å². The van der Waals surface area contributed by atoms with E-state index in [0.29, 0.717) is 25.9 Å². The van der Waals surface area contributed by atoms with E-state index in [1.165, 1.54) is 23.8 Å². The molecule has 1 aromatic heterocycles. The zero-order valence-electron chi connectivity index (χ0n) is 12.8. The third-order valence-corrected chi connectivity index (χ3v) is 5.73. The van der Waals surface area contributed by atoms with Crippen molar-refractivity contribution >= 4 is 23.2 Å². The van der Waals surface area contributed by atoms with Gasteiger partial charge in [-0.3, -0.25) is 9.59 Å². The average molecular weight is 322 g/mol. The van der Waals surface area contributed by atoms with Crippen LogP contribution in [0.5, 0.6) is 0 Å². The van der Waals surface area contributed by atoms with Crippen molar-refractivity contribution < 1.29 is 14.7 Å². The molecule has 3 rings (SSSR count). The quantitative estimate of drug-likeness (QED) is 0.863.